The number of rotatable bonds is 13. The molecule has 9 heteroatoms. The van der Waals surface area contributed by atoms with Crippen LogP contribution in [0.5, 0.6) is 11.5 Å². The van der Waals surface area contributed by atoms with E-state index in [1.54, 1.807) is 36.3 Å². The highest BCUT2D eigenvalue weighted by molar-refractivity contribution is 5.88. The number of nitrogens with one attached hydrogen (secondary N) is 2. The van der Waals surface area contributed by atoms with E-state index in [9.17, 15) is 14.7 Å². The maximum absolute atomic E-state index is 13.7. The maximum atomic E-state index is 13.7. The van der Waals surface area contributed by atoms with Gasteiger partial charge in [-0.3, -0.25) is 15.0 Å². The number of primary amides is 1. The van der Waals surface area contributed by atoms with E-state index in [1.807, 2.05) is 48.5 Å². The van der Waals surface area contributed by atoms with Gasteiger partial charge in [0.05, 0.1) is 13.5 Å². The van der Waals surface area contributed by atoms with Crippen molar-refractivity contribution in [1.29, 1.82) is 5.41 Å². The van der Waals surface area contributed by atoms with Crippen LogP contribution in [0.2, 0.25) is 0 Å². The van der Waals surface area contributed by atoms with Crippen LogP contribution in [0, 0.1) is 5.41 Å². The van der Waals surface area contributed by atoms with Crippen LogP contribution in [-0.2, 0) is 22.4 Å². The Labute approximate surface area is 222 Å². The maximum Gasteiger partial charge on any atom is 0.240 e. The summed E-state index contributed by atoms with van der Waals surface area (Å²) in [6.45, 7) is 0.668. The zero-order valence-electron chi connectivity index (χ0n) is 21.5. The molecule has 38 heavy (non-hydrogen) atoms. The minimum absolute atomic E-state index is 0.0905. The number of guanidine groups is 1. The van der Waals surface area contributed by atoms with Crippen LogP contribution in [0.1, 0.15) is 24.0 Å². The number of ether oxygens (including phenoxy) is 1. The molecule has 0 heterocycles. The molecule has 0 aromatic heterocycles. The summed E-state index contributed by atoms with van der Waals surface area (Å²) in [7, 11) is 1.61. The molecule has 0 saturated carbocycles. The van der Waals surface area contributed by atoms with Crippen LogP contribution in [0.15, 0.2) is 72.8 Å². The molecule has 3 rings (SSSR count). The number of nitrogens with zero attached hydrogens (tertiary/aromatic N) is 1. The van der Waals surface area contributed by atoms with Gasteiger partial charge in [0.2, 0.25) is 11.8 Å². The minimum atomic E-state index is -0.818. The van der Waals surface area contributed by atoms with Gasteiger partial charge in [-0.05, 0) is 65.8 Å². The number of hydrogen-bond acceptors (Lipinski definition) is 5. The fraction of sp³-hybridized carbons (Fsp3) is 0.276. The molecule has 0 aliphatic carbocycles. The molecule has 3 aromatic carbocycles. The summed E-state index contributed by atoms with van der Waals surface area (Å²) in [4.78, 5) is 27.8. The molecule has 0 aliphatic heterocycles. The minimum Gasteiger partial charge on any atom is -0.508 e. The smallest absolute Gasteiger partial charge is 0.240 e. The normalized spacial score (nSPS) is 11.4. The largest absolute Gasteiger partial charge is 0.508 e. The number of aromatic hydroxyl groups is 1. The number of phenols is 1. The van der Waals surface area contributed by atoms with Gasteiger partial charge < -0.3 is 31.5 Å². The van der Waals surface area contributed by atoms with E-state index in [2.05, 4.69) is 5.32 Å². The Kier molecular flexibility index (Phi) is 10.1. The number of carbonyl (C=O) groups is 2. The summed E-state index contributed by atoms with van der Waals surface area (Å²) in [5, 5.41) is 19.6. The van der Waals surface area contributed by atoms with Gasteiger partial charge in [0, 0.05) is 13.1 Å². The van der Waals surface area contributed by atoms with Crippen molar-refractivity contribution in [2.75, 3.05) is 20.2 Å². The molecule has 2 amide bonds. The average molecular weight is 518 g/mol. The van der Waals surface area contributed by atoms with Gasteiger partial charge >= 0.3 is 0 Å². The number of carbonyl (C=O) groups excluding carboxylic acids is 2. The molecule has 0 aliphatic rings. The van der Waals surface area contributed by atoms with Crippen LogP contribution in [0.3, 0.4) is 0 Å². The van der Waals surface area contributed by atoms with E-state index in [-0.39, 0.29) is 30.6 Å². The second-order valence-corrected chi connectivity index (χ2v) is 8.97. The van der Waals surface area contributed by atoms with E-state index in [4.69, 9.17) is 21.6 Å². The molecular weight excluding hydrogens is 482 g/mol. The lowest BCUT2D eigenvalue weighted by Gasteiger charge is -2.30. The lowest BCUT2D eigenvalue weighted by molar-refractivity contribution is -0.139. The van der Waals surface area contributed by atoms with Crippen LogP contribution >= 0.6 is 0 Å². The van der Waals surface area contributed by atoms with Crippen LogP contribution in [0.25, 0.3) is 11.1 Å². The summed E-state index contributed by atoms with van der Waals surface area (Å²) in [6.07, 6.45) is 1.41. The Hall–Kier alpha value is -4.53. The first-order valence-electron chi connectivity index (χ1n) is 12.5. The lowest BCUT2D eigenvalue weighted by atomic mass is 9.96. The van der Waals surface area contributed by atoms with E-state index in [1.165, 1.54) is 0 Å². The summed E-state index contributed by atoms with van der Waals surface area (Å²) in [5.74, 6) is -0.0597. The average Bonchev–Trinajstić information content (AvgIpc) is 2.91. The van der Waals surface area contributed by atoms with Gasteiger partial charge in [0.1, 0.15) is 17.5 Å². The Morgan fingerprint density at radius 2 is 1.71 bits per heavy atom. The molecule has 0 unspecified atom stereocenters. The summed E-state index contributed by atoms with van der Waals surface area (Å²) >= 11 is 0. The zero-order chi connectivity index (χ0) is 27.5. The molecule has 0 radical (unpaired) electrons. The van der Waals surface area contributed by atoms with Crippen LogP contribution in [0.4, 0.5) is 0 Å². The third kappa shape index (κ3) is 7.99. The Balaban J connectivity index is 1.84. The molecule has 0 spiro atoms. The van der Waals surface area contributed by atoms with Crippen molar-refractivity contribution in [1.82, 2.24) is 10.2 Å². The van der Waals surface area contributed by atoms with Crippen molar-refractivity contribution in [3.8, 4) is 22.6 Å². The first-order chi connectivity index (χ1) is 18.3. The first-order valence-corrected chi connectivity index (χ1v) is 12.5. The number of benzene rings is 3. The number of methoxy groups -OCH3 is 1. The summed E-state index contributed by atoms with van der Waals surface area (Å²) in [6, 6.07) is 21.2. The van der Waals surface area contributed by atoms with Crippen LogP contribution in [-0.4, -0.2) is 54.0 Å². The molecule has 0 bridgehead atoms. The Morgan fingerprint density at radius 1 is 1.03 bits per heavy atom. The number of phenolic OH excluding ortho intramolecular Hbond substituents is 1. The molecular formula is C29H35N5O4. The third-order valence-corrected chi connectivity index (χ3v) is 6.33. The fourth-order valence-corrected chi connectivity index (χ4v) is 4.33. The summed E-state index contributed by atoms with van der Waals surface area (Å²) < 4.78 is 5.26. The quantitative estimate of drug-likeness (QED) is 0.133. The zero-order valence-corrected chi connectivity index (χ0v) is 21.5. The second-order valence-electron chi connectivity index (χ2n) is 8.97. The van der Waals surface area contributed by atoms with Crippen molar-refractivity contribution in [2.45, 2.75) is 31.7 Å². The molecule has 200 valence electrons. The monoisotopic (exact) mass is 517 g/mol. The molecule has 9 nitrogen and oxygen atoms in total. The topological polar surface area (TPSA) is 155 Å². The predicted octanol–water partition coefficient (Wildman–Crippen LogP) is 2.80. The fourth-order valence-electron chi connectivity index (χ4n) is 4.33. The molecule has 0 saturated heterocycles. The summed E-state index contributed by atoms with van der Waals surface area (Å²) in [5.41, 5.74) is 14.8. The van der Waals surface area contributed by atoms with Crippen LogP contribution < -0.4 is 21.5 Å². The van der Waals surface area contributed by atoms with Crippen molar-refractivity contribution < 1.29 is 19.4 Å². The lowest BCUT2D eigenvalue weighted by Crippen LogP contribution is -2.49. The van der Waals surface area contributed by atoms with Crippen molar-refractivity contribution in [2.24, 2.45) is 11.5 Å². The van der Waals surface area contributed by atoms with E-state index >= 15 is 0 Å². The number of hydrogen-bond donors (Lipinski definition) is 5. The highest BCUT2D eigenvalue weighted by Gasteiger charge is 2.28. The Bertz CT molecular complexity index is 1230. The van der Waals surface area contributed by atoms with Crippen molar-refractivity contribution in [3.05, 3.63) is 83.9 Å². The SMILES string of the molecule is COc1ccc(-c2ccccc2CC(=O)N(CCc2ccc(O)cc2)[C@H](CCCNC(=N)N)C(N)=O)cc1. The van der Waals surface area contributed by atoms with E-state index in [0.29, 0.717) is 25.8 Å². The highest BCUT2D eigenvalue weighted by Crippen LogP contribution is 2.27. The third-order valence-electron chi connectivity index (χ3n) is 6.33. The molecule has 1 atom stereocenters. The molecule has 3 aromatic rings. The van der Waals surface area contributed by atoms with E-state index in [0.717, 1.165) is 28.0 Å². The molecule has 0 fully saturated rings. The van der Waals surface area contributed by atoms with Gasteiger partial charge in [-0.2, -0.15) is 0 Å². The highest BCUT2D eigenvalue weighted by atomic mass is 16.5. The van der Waals surface area contributed by atoms with Gasteiger partial charge in [0.25, 0.3) is 0 Å². The van der Waals surface area contributed by atoms with Crippen molar-refractivity contribution in [3.63, 3.8) is 0 Å². The number of amides is 2. The van der Waals surface area contributed by atoms with Gasteiger partial charge in [0.15, 0.2) is 5.96 Å². The van der Waals surface area contributed by atoms with Gasteiger partial charge in [-0.15, -0.1) is 0 Å². The van der Waals surface area contributed by atoms with E-state index < -0.39 is 11.9 Å². The van der Waals surface area contributed by atoms with Gasteiger partial charge in [-0.1, -0.05) is 48.5 Å². The standard InChI is InChI=1S/C29H35N5O4/c1-38-24-14-10-21(11-15-24)25-6-3-2-5-22(25)19-27(36)34(18-16-20-8-12-23(35)13-9-20)26(28(30)37)7-4-17-33-29(31)32/h2-3,5-6,8-15,26,35H,4,7,16-19H2,1H3,(H2,30,37)(H4,31,32,33)/t26-/m1/s1. The predicted molar refractivity (Wildman–Crippen MR) is 148 cm³/mol. The Morgan fingerprint density at radius 3 is 2.34 bits per heavy atom. The van der Waals surface area contributed by atoms with Gasteiger partial charge in [-0.25, -0.2) is 0 Å². The first kappa shape index (κ1) is 28.0. The second kappa shape index (κ2) is 13.7. The number of nitrogens with two attached hydrogens (primary N) is 2. The molecule has 7 N–H and O–H groups in total. The van der Waals surface area contributed by atoms with Crippen molar-refractivity contribution >= 4 is 17.8 Å².